The van der Waals surface area contributed by atoms with E-state index < -0.39 is 0 Å². The number of anilines is 1. The summed E-state index contributed by atoms with van der Waals surface area (Å²) in [6.07, 6.45) is 0. The molecule has 2 aromatic rings. The van der Waals surface area contributed by atoms with Crippen LogP contribution in [-0.2, 0) is 0 Å². The fourth-order valence-electron chi connectivity index (χ4n) is 2.44. The van der Waals surface area contributed by atoms with Crippen molar-refractivity contribution in [1.29, 1.82) is 0 Å². The van der Waals surface area contributed by atoms with Gasteiger partial charge in [0.1, 0.15) is 5.75 Å². The lowest BCUT2D eigenvalue weighted by Crippen LogP contribution is -2.48. The molecule has 3 rings (SSSR count). The first-order chi connectivity index (χ1) is 10.1. The first-order valence-electron chi connectivity index (χ1n) is 6.71. The van der Waals surface area contributed by atoms with E-state index in [1.165, 1.54) is 0 Å². The second-order valence-corrected chi connectivity index (χ2v) is 7.74. The third-order valence-corrected chi connectivity index (χ3v) is 5.39. The molecule has 1 fully saturated rings. The highest BCUT2D eigenvalue weighted by Crippen LogP contribution is 2.22. The molecule has 0 radical (unpaired) electrons. The number of carbonyl (C=O) groups is 1. The van der Waals surface area contributed by atoms with Crippen LogP contribution in [0.5, 0.6) is 5.75 Å². The van der Waals surface area contributed by atoms with Crippen LogP contribution in [0.2, 0.25) is 0 Å². The molecule has 2 heterocycles. The maximum atomic E-state index is 12.4. The minimum absolute atomic E-state index is 0.125. The van der Waals surface area contributed by atoms with E-state index in [0.717, 1.165) is 40.3 Å². The van der Waals surface area contributed by atoms with Gasteiger partial charge in [0.05, 0.1) is 8.45 Å². The second kappa shape index (κ2) is 6.23. The Bertz CT molecular complexity index is 633. The van der Waals surface area contributed by atoms with Gasteiger partial charge in [-0.3, -0.25) is 4.79 Å². The summed E-state index contributed by atoms with van der Waals surface area (Å²) >= 11 is 3.84. The minimum atomic E-state index is 0.125. The lowest BCUT2D eigenvalue weighted by Gasteiger charge is -2.36. The number of carbonyl (C=O) groups excluding carboxylic acids is 1. The topological polar surface area (TPSA) is 43.8 Å². The van der Waals surface area contributed by atoms with Crippen molar-refractivity contribution >= 4 is 45.5 Å². The van der Waals surface area contributed by atoms with Gasteiger partial charge in [-0.25, -0.2) is 0 Å². The molecule has 0 spiro atoms. The summed E-state index contributed by atoms with van der Waals surface area (Å²) in [5, 5.41) is 11.3. The van der Waals surface area contributed by atoms with Crippen LogP contribution < -0.4 is 4.90 Å². The number of benzene rings is 1. The summed E-state index contributed by atoms with van der Waals surface area (Å²) < 4.78 is 1.14. The van der Waals surface area contributed by atoms with E-state index >= 15 is 0 Å². The van der Waals surface area contributed by atoms with Crippen LogP contribution in [-0.4, -0.2) is 42.1 Å². The van der Waals surface area contributed by atoms with Crippen molar-refractivity contribution in [3.05, 3.63) is 44.2 Å². The summed E-state index contributed by atoms with van der Waals surface area (Å²) in [7, 11) is 0. The summed E-state index contributed by atoms with van der Waals surface area (Å²) in [5.41, 5.74) is 1.88. The Kier molecular flexibility index (Phi) is 4.34. The third-order valence-electron chi connectivity index (χ3n) is 3.60. The molecule has 0 saturated carbocycles. The molecule has 1 aliphatic heterocycles. The standard InChI is InChI=1S/C15H15IN2O2S/c16-14-9-11(10-21-14)15(20)18-7-5-17(6-8-18)12-1-3-13(19)4-2-12/h1-4,9-10,19H,5-8H2. The molecule has 1 aliphatic rings. The number of hydrogen-bond donors (Lipinski definition) is 1. The SMILES string of the molecule is O=C(c1csc(I)c1)N1CCN(c2ccc(O)cc2)CC1. The van der Waals surface area contributed by atoms with Crippen LogP contribution in [0, 0.1) is 2.88 Å². The van der Waals surface area contributed by atoms with Crippen LogP contribution in [0.25, 0.3) is 0 Å². The second-order valence-electron chi connectivity index (χ2n) is 4.94. The number of rotatable bonds is 2. The molecule has 6 heteroatoms. The zero-order valence-corrected chi connectivity index (χ0v) is 14.3. The molecule has 1 amide bonds. The highest BCUT2D eigenvalue weighted by atomic mass is 127. The van der Waals surface area contributed by atoms with Crippen molar-refractivity contribution in [2.24, 2.45) is 0 Å². The number of thiophene rings is 1. The maximum Gasteiger partial charge on any atom is 0.254 e. The summed E-state index contributed by atoms with van der Waals surface area (Å²) in [4.78, 5) is 16.5. The van der Waals surface area contributed by atoms with Gasteiger partial charge in [-0.15, -0.1) is 11.3 Å². The van der Waals surface area contributed by atoms with E-state index in [1.54, 1.807) is 23.5 Å². The van der Waals surface area contributed by atoms with Crippen LogP contribution >= 0.6 is 33.9 Å². The van der Waals surface area contributed by atoms with Crippen LogP contribution in [0.3, 0.4) is 0 Å². The van der Waals surface area contributed by atoms with Gasteiger partial charge in [0, 0.05) is 37.2 Å². The average molecular weight is 414 g/mol. The van der Waals surface area contributed by atoms with Crippen molar-refractivity contribution in [1.82, 2.24) is 4.90 Å². The number of amides is 1. The van der Waals surface area contributed by atoms with Gasteiger partial charge in [-0.2, -0.15) is 0 Å². The number of hydrogen-bond acceptors (Lipinski definition) is 4. The molecular weight excluding hydrogens is 399 g/mol. The minimum Gasteiger partial charge on any atom is -0.508 e. The summed E-state index contributed by atoms with van der Waals surface area (Å²) in [5.74, 6) is 0.402. The fraction of sp³-hybridized carbons (Fsp3) is 0.267. The largest absolute Gasteiger partial charge is 0.508 e. The van der Waals surface area contributed by atoms with E-state index in [1.807, 2.05) is 28.5 Å². The van der Waals surface area contributed by atoms with Crippen molar-refractivity contribution in [3.63, 3.8) is 0 Å². The molecule has 0 aliphatic carbocycles. The van der Waals surface area contributed by atoms with E-state index in [0.29, 0.717) is 0 Å². The lowest BCUT2D eigenvalue weighted by atomic mass is 10.2. The van der Waals surface area contributed by atoms with E-state index in [4.69, 9.17) is 0 Å². The monoisotopic (exact) mass is 414 g/mol. The summed E-state index contributed by atoms with van der Waals surface area (Å²) in [6, 6.07) is 9.16. The zero-order valence-electron chi connectivity index (χ0n) is 11.3. The van der Waals surface area contributed by atoms with Crippen molar-refractivity contribution in [3.8, 4) is 5.75 Å². The first-order valence-corrected chi connectivity index (χ1v) is 8.66. The molecule has 1 aromatic heterocycles. The molecule has 0 unspecified atom stereocenters. The normalized spacial score (nSPS) is 15.3. The Morgan fingerprint density at radius 2 is 1.81 bits per heavy atom. The number of phenolic OH excluding ortho intramolecular Hbond substituents is 1. The molecule has 1 N–H and O–H groups in total. The number of halogens is 1. The first kappa shape index (κ1) is 14.6. The molecule has 1 saturated heterocycles. The van der Waals surface area contributed by atoms with Gasteiger partial charge in [-0.1, -0.05) is 0 Å². The van der Waals surface area contributed by atoms with Gasteiger partial charge in [0.15, 0.2) is 0 Å². The highest BCUT2D eigenvalue weighted by molar-refractivity contribution is 14.1. The van der Waals surface area contributed by atoms with E-state index in [2.05, 4.69) is 27.5 Å². The van der Waals surface area contributed by atoms with Gasteiger partial charge in [0.2, 0.25) is 0 Å². The van der Waals surface area contributed by atoms with Crippen LogP contribution in [0.1, 0.15) is 10.4 Å². The zero-order chi connectivity index (χ0) is 14.8. The predicted molar refractivity (Wildman–Crippen MR) is 93.3 cm³/mol. The molecular formula is C15H15IN2O2S. The molecule has 21 heavy (non-hydrogen) atoms. The lowest BCUT2D eigenvalue weighted by molar-refractivity contribution is 0.0747. The van der Waals surface area contributed by atoms with Crippen LogP contribution in [0.4, 0.5) is 5.69 Å². The highest BCUT2D eigenvalue weighted by Gasteiger charge is 2.22. The summed E-state index contributed by atoms with van der Waals surface area (Å²) in [6.45, 7) is 3.09. The number of phenols is 1. The quantitative estimate of drug-likeness (QED) is 0.769. The number of piperazine rings is 1. The van der Waals surface area contributed by atoms with Crippen molar-refractivity contribution in [2.75, 3.05) is 31.1 Å². The predicted octanol–water partition coefficient (Wildman–Crippen LogP) is 3.02. The Morgan fingerprint density at radius 1 is 1.14 bits per heavy atom. The Balaban J connectivity index is 1.62. The number of nitrogens with zero attached hydrogens (tertiary/aromatic N) is 2. The molecule has 110 valence electrons. The van der Waals surface area contributed by atoms with E-state index in [9.17, 15) is 9.90 Å². The van der Waals surface area contributed by atoms with Gasteiger partial charge < -0.3 is 14.9 Å². The van der Waals surface area contributed by atoms with Gasteiger partial charge in [-0.05, 0) is 52.9 Å². The van der Waals surface area contributed by atoms with Crippen molar-refractivity contribution < 1.29 is 9.90 Å². The van der Waals surface area contributed by atoms with Crippen molar-refractivity contribution in [2.45, 2.75) is 0 Å². The Hall–Kier alpha value is -1.28. The molecule has 1 aromatic carbocycles. The smallest absolute Gasteiger partial charge is 0.254 e. The fourth-order valence-corrected chi connectivity index (χ4v) is 3.76. The average Bonchev–Trinajstić information content (AvgIpc) is 2.94. The Labute approximate surface area is 141 Å². The van der Waals surface area contributed by atoms with Crippen LogP contribution in [0.15, 0.2) is 35.7 Å². The molecule has 4 nitrogen and oxygen atoms in total. The maximum absolute atomic E-state index is 12.4. The molecule has 0 atom stereocenters. The third kappa shape index (κ3) is 3.32. The van der Waals surface area contributed by atoms with Gasteiger partial charge in [0.25, 0.3) is 5.91 Å². The number of aromatic hydroxyl groups is 1. The Morgan fingerprint density at radius 3 is 2.38 bits per heavy atom. The van der Waals surface area contributed by atoms with Gasteiger partial charge >= 0.3 is 0 Å². The van der Waals surface area contributed by atoms with E-state index in [-0.39, 0.29) is 11.7 Å². The molecule has 0 bridgehead atoms.